The van der Waals surface area contributed by atoms with Crippen LogP contribution in [0, 0.1) is 0 Å². The molecule has 2 rings (SSSR count). The third-order valence-electron chi connectivity index (χ3n) is 5.04. The van der Waals surface area contributed by atoms with Gasteiger partial charge >= 0.3 is 0 Å². The van der Waals surface area contributed by atoms with Crippen molar-refractivity contribution in [1.82, 2.24) is 0 Å². The highest BCUT2D eigenvalue weighted by atomic mass is 35.5. The van der Waals surface area contributed by atoms with Crippen LogP contribution >= 0.6 is 23.2 Å². The smallest absolute Gasteiger partial charge is 0.0482 e. The summed E-state index contributed by atoms with van der Waals surface area (Å²) in [5, 5.41) is 1.28. The first-order valence-electron chi connectivity index (χ1n) is 9.51. The number of nitrogens with two attached hydrogens (primary N) is 2. The predicted octanol–water partition coefficient (Wildman–Crippen LogP) is 5.44. The predicted molar refractivity (Wildman–Crippen MR) is 122 cm³/mol. The summed E-state index contributed by atoms with van der Waals surface area (Å²) in [5.74, 6) is 0. The zero-order valence-corrected chi connectivity index (χ0v) is 18.2. The lowest BCUT2D eigenvalue weighted by Crippen LogP contribution is -2.22. The van der Waals surface area contributed by atoms with Crippen LogP contribution in [0.2, 0.25) is 10.0 Å². The van der Waals surface area contributed by atoms with Crippen molar-refractivity contribution < 1.29 is 0 Å². The van der Waals surface area contributed by atoms with Gasteiger partial charge in [0.15, 0.2) is 0 Å². The van der Waals surface area contributed by atoms with E-state index >= 15 is 0 Å². The summed E-state index contributed by atoms with van der Waals surface area (Å²) >= 11 is 13.2. The largest absolute Gasteiger partial charge is 0.398 e. The summed E-state index contributed by atoms with van der Waals surface area (Å²) < 4.78 is 0. The van der Waals surface area contributed by atoms with Gasteiger partial charge in [0, 0.05) is 65.4 Å². The van der Waals surface area contributed by atoms with E-state index in [1.165, 1.54) is 0 Å². The van der Waals surface area contributed by atoms with Gasteiger partial charge in [-0.25, -0.2) is 0 Å². The zero-order valence-electron chi connectivity index (χ0n) is 16.6. The van der Waals surface area contributed by atoms with E-state index in [1.807, 2.05) is 24.3 Å². The van der Waals surface area contributed by atoms with Crippen LogP contribution in [0.25, 0.3) is 0 Å². The Kier molecular flexibility index (Phi) is 7.51. The van der Waals surface area contributed by atoms with Gasteiger partial charge in [-0.05, 0) is 63.1 Å². The molecule has 0 aliphatic carbocycles. The fraction of sp³-hybridized carbons (Fsp3) is 0.429. The molecule has 0 saturated carbocycles. The first kappa shape index (κ1) is 21.5. The lowest BCUT2D eigenvalue weighted by Gasteiger charge is -2.24. The van der Waals surface area contributed by atoms with Crippen LogP contribution in [0.1, 0.15) is 38.8 Å². The number of halogens is 2. The maximum atomic E-state index is 6.58. The molecular weight excluding hydrogens is 379 g/mol. The lowest BCUT2D eigenvalue weighted by molar-refractivity contribution is 0.865. The topological polar surface area (TPSA) is 58.5 Å². The molecule has 0 atom stereocenters. The van der Waals surface area contributed by atoms with Gasteiger partial charge in [-0.15, -0.1) is 0 Å². The Bertz CT molecular complexity index is 672. The number of benzene rings is 2. The van der Waals surface area contributed by atoms with Crippen molar-refractivity contribution >= 4 is 46.0 Å². The molecule has 0 fully saturated rings. The summed E-state index contributed by atoms with van der Waals surface area (Å²) in [6.07, 6.45) is 0.506. The monoisotopic (exact) mass is 408 g/mol. The van der Waals surface area contributed by atoms with Crippen LogP contribution in [0.4, 0.5) is 22.7 Å². The van der Waals surface area contributed by atoms with Gasteiger partial charge in [-0.1, -0.05) is 23.2 Å². The average molecular weight is 409 g/mol. The first-order chi connectivity index (χ1) is 12.9. The average Bonchev–Trinajstić information content (AvgIpc) is 2.62. The molecule has 0 spiro atoms. The van der Waals surface area contributed by atoms with E-state index in [9.17, 15) is 0 Å². The van der Waals surface area contributed by atoms with Crippen molar-refractivity contribution in [3.05, 3.63) is 45.4 Å². The fourth-order valence-corrected chi connectivity index (χ4v) is 3.95. The van der Waals surface area contributed by atoms with Crippen molar-refractivity contribution in [1.29, 1.82) is 0 Å². The number of rotatable bonds is 8. The standard InChI is InChI=1S/C21H30Cl2N4/c1-5-26(6-2)14-9-18(22)16(20(24)11-14)13-17-19(23)10-15(12-21(17)25)27(7-3)8-4/h9-12H,5-8,13,24-25H2,1-4H3. The molecule has 0 aliphatic rings. The van der Waals surface area contributed by atoms with E-state index in [4.69, 9.17) is 34.7 Å². The van der Waals surface area contributed by atoms with E-state index in [0.29, 0.717) is 27.8 Å². The second kappa shape index (κ2) is 9.43. The third kappa shape index (κ3) is 4.74. The Labute approximate surface area is 173 Å². The van der Waals surface area contributed by atoms with E-state index in [-0.39, 0.29) is 0 Å². The molecule has 148 valence electrons. The maximum absolute atomic E-state index is 6.58. The zero-order chi connectivity index (χ0) is 20.1. The van der Waals surface area contributed by atoms with E-state index < -0.39 is 0 Å². The Balaban J connectivity index is 2.40. The van der Waals surface area contributed by atoms with Crippen LogP contribution in [-0.4, -0.2) is 26.2 Å². The van der Waals surface area contributed by atoms with Crippen molar-refractivity contribution in [2.24, 2.45) is 0 Å². The summed E-state index contributed by atoms with van der Waals surface area (Å²) in [5.41, 5.74) is 17.8. The van der Waals surface area contributed by atoms with Gasteiger partial charge < -0.3 is 21.3 Å². The molecule has 0 bridgehead atoms. The van der Waals surface area contributed by atoms with Gasteiger partial charge in [-0.2, -0.15) is 0 Å². The molecule has 4 nitrogen and oxygen atoms in total. The molecule has 0 saturated heterocycles. The molecule has 4 N–H and O–H groups in total. The number of anilines is 4. The van der Waals surface area contributed by atoms with Gasteiger partial charge in [-0.3, -0.25) is 0 Å². The molecule has 0 heterocycles. The molecule has 2 aromatic rings. The maximum Gasteiger partial charge on any atom is 0.0482 e. The van der Waals surface area contributed by atoms with E-state index in [2.05, 4.69) is 37.5 Å². The van der Waals surface area contributed by atoms with E-state index in [0.717, 1.165) is 48.7 Å². The highest BCUT2D eigenvalue weighted by Crippen LogP contribution is 2.36. The second-order valence-corrected chi connectivity index (χ2v) is 7.33. The van der Waals surface area contributed by atoms with Crippen molar-refractivity contribution in [3.8, 4) is 0 Å². The molecule has 27 heavy (non-hydrogen) atoms. The van der Waals surface area contributed by atoms with Crippen LogP contribution < -0.4 is 21.3 Å². The first-order valence-corrected chi connectivity index (χ1v) is 10.3. The molecule has 0 amide bonds. The minimum Gasteiger partial charge on any atom is -0.398 e. The molecule has 0 aromatic heterocycles. The SMILES string of the molecule is CCN(CC)c1cc(N)c(Cc2c(N)cc(N(CC)CC)cc2Cl)c(Cl)c1. The second-order valence-electron chi connectivity index (χ2n) is 6.51. The molecule has 0 aliphatic heterocycles. The minimum atomic E-state index is 0.506. The fourth-order valence-electron chi connectivity index (χ4n) is 3.38. The van der Waals surface area contributed by atoms with Crippen LogP contribution in [0.5, 0.6) is 0 Å². The Morgan fingerprint density at radius 3 is 1.26 bits per heavy atom. The van der Waals surface area contributed by atoms with Crippen molar-refractivity contribution in [2.75, 3.05) is 47.4 Å². The molecule has 2 aromatic carbocycles. The van der Waals surface area contributed by atoms with Crippen LogP contribution in [0.3, 0.4) is 0 Å². The normalized spacial score (nSPS) is 10.9. The third-order valence-corrected chi connectivity index (χ3v) is 5.71. The number of hydrogen-bond acceptors (Lipinski definition) is 4. The van der Waals surface area contributed by atoms with Crippen LogP contribution in [0.15, 0.2) is 24.3 Å². The molecule has 0 radical (unpaired) electrons. The molecular formula is C21H30Cl2N4. The summed E-state index contributed by atoms with van der Waals surface area (Å²) in [6, 6.07) is 7.88. The highest BCUT2D eigenvalue weighted by Gasteiger charge is 2.16. The highest BCUT2D eigenvalue weighted by molar-refractivity contribution is 6.33. The van der Waals surface area contributed by atoms with Gasteiger partial charge in [0.05, 0.1) is 0 Å². The Morgan fingerprint density at radius 1 is 0.667 bits per heavy atom. The quantitative estimate of drug-likeness (QED) is 0.570. The Hall–Kier alpha value is -1.78. The molecule has 6 heteroatoms. The van der Waals surface area contributed by atoms with Crippen molar-refractivity contribution in [3.63, 3.8) is 0 Å². The van der Waals surface area contributed by atoms with Crippen LogP contribution in [-0.2, 0) is 6.42 Å². The van der Waals surface area contributed by atoms with Gasteiger partial charge in [0.1, 0.15) is 0 Å². The molecule has 0 unspecified atom stereocenters. The van der Waals surface area contributed by atoms with Gasteiger partial charge in [0.25, 0.3) is 0 Å². The summed E-state index contributed by atoms with van der Waals surface area (Å²) in [4.78, 5) is 4.43. The van der Waals surface area contributed by atoms with Crippen molar-refractivity contribution in [2.45, 2.75) is 34.1 Å². The Morgan fingerprint density at radius 2 is 1.00 bits per heavy atom. The number of nitrogen functional groups attached to an aromatic ring is 2. The van der Waals surface area contributed by atoms with Gasteiger partial charge in [0.2, 0.25) is 0 Å². The summed E-state index contributed by atoms with van der Waals surface area (Å²) in [6.45, 7) is 12.0. The van der Waals surface area contributed by atoms with E-state index in [1.54, 1.807) is 0 Å². The number of nitrogens with zero attached hydrogens (tertiary/aromatic N) is 2. The number of hydrogen-bond donors (Lipinski definition) is 2. The lowest BCUT2D eigenvalue weighted by atomic mass is 10.00. The summed E-state index contributed by atoms with van der Waals surface area (Å²) in [7, 11) is 0. The minimum absolute atomic E-state index is 0.506.